The highest BCUT2D eigenvalue weighted by atomic mass is 19.3. The highest BCUT2D eigenvalue weighted by Gasteiger charge is 2.38. The van der Waals surface area contributed by atoms with Crippen LogP contribution in [0.3, 0.4) is 0 Å². The molecule has 0 saturated carbocycles. The van der Waals surface area contributed by atoms with Crippen LogP contribution in [0.25, 0.3) is 0 Å². The van der Waals surface area contributed by atoms with Crippen molar-refractivity contribution in [3.63, 3.8) is 0 Å². The predicted octanol–water partition coefficient (Wildman–Crippen LogP) is 1.77. The lowest BCUT2D eigenvalue weighted by Gasteiger charge is -2.19. The lowest BCUT2D eigenvalue weighted by molar-refractivity contribution is 0.00461. The van der Waals surface area contributed by atoms with Gasteiger partial charge in [-0.1, -0.05) is 18.2 Å². The molecule has 1 aromatic rings. The summed E-state index contributed by atoms with van der Waals surface area (Å²) in [6.45, 7) is 0.402. The van der Waals surface area contributed by atoms with Crippen LogP contribution < -0.4 is 4.74 Å². The highest BCUT2D eigenvalue weighted by Crippen LogP contribution is 2.26. The summed E-state index contributed by atoms with van der Waals surface area (Å²) in [5.74, 6) is -1.94. The molecule has 1 aromatic carbocycles. The Hall–Kier alpha value is -1.20. The first-order valence-corrected chi connectivity index (χ1v) is 6.01. The fourth-order valence-corrected chi connectivity index (χ4v) is 2.02. The topological polar surface area (TPSA) is 32.7 Å². The number of likely N-dealkylation sites (tertiary alicyclic amines) is 1. The first-order valence-electron chi connectivity index (χ1n) is 6.01. The van der Waals surface area contributed by atoms with Crippen LogP contribution in [-0.2, 0) is 0 Å². The number of alkyl halides is 2. The molecule has 0 unspecified atom stereocenters. The van der Waals surface area contributed by atoms with Crippen LogP contribution in [0.15, 0.2) is 30.3 Å². The Labute approximate surface area is 105 Å². The van der Waals surface area contributed by atoms with E-state index < -0.39 is 12.0 Å². The van der Waals surface area contributed by atoms with Crippen LogP contribution in [0.2, 0.25) is 0 Å². The summed E-state index contributed by atoms with van der Waals surface area (Å²) >= 11 is 0. The molecule has 0 bridgehead atoms. The largest absolute Gasteiger partial charge is 0.491 e. The Morgan fingerprint density at radius 1 is 1.33 bits per heavy atom. The molecule has 3 nitrogen and oxygen atoms in total. The fraction of sp³-hybridized carbons (Fsp3) is 0.538. The van der Waals surface area contributed by atoms with Crippen LogP contribution in [-0.4, -0.2) is 48.3 Å². The summed E-state index contributed by atoms with van der Waals surface area (Å²) in [6.07, 6.45) is -0.877. The fourth-order valence-electron chi connectivity index (χ4n) is 2.02. The standard InChI is InChI=1S/C13H17F2NO2/c14-13(15)6-7-16(10-13)8-11(17)9-18-12-4-2-1-3-5-12/h1-5,11,17H,6-10H2/t11-/m1/s1. The Bertz CT molecular complexity index is 373. The first kappa shape index (κ1) is 13.2. The highest BCUT2D eigenvalue weighted by molar-refractivity contribution is 5.20. The molecule has 1 heterocycles. The lowest BCUT2D eigenvalue weighted by Crippen LogP contribution is -2.35. The van der Waals surface area contributed by atoms with Gasteiger partial charge in [0.15, 0.2) is 0 Å². The van der Waals surface area contributed by atoms with E-state index in [1.54, 1.807) is 17.0 Å². The maximum atomic E-state index is 12.9. The second-order valence-corrected chi connectivity index (χ2v) is 4.62. The number of hydrogen-bond acceptors (Lipinski definition) is 3. The molecular weight excluding hydrogens is 240 g/mol. The Morgan fingerprint density at radius 3 is 2.67 bits per heavy atom. The summed E-state index contributed by atoms with van der Waals surface area (Å²) in [5.41, 5.74) is 0. The third-order valence-corrected chi connectivity index (χ3v) is 2.90. The van der Waals surface area contributed by atoms with Crippen LogP contribution in [0.4, 0.5) is 8.78 Å². The Kier molecular flexibility index (Phi) is 4.14. The van der Waals surface area contributed by atoms with E-state index in [0.29, 0.717) is 12.3 Å². The molecule has 0 radical (unpaired) electrons. The van der Waals surface area contributed by atoms with Crippen molar-refractivity contribution in [3.8, 4) is 5.75 Å². The van der Waals surface area contributed by atoms with Crippen molar-refractivity contribution in [2.45, 2.75) is 18.4 Å². The second-order valence-electron chi connectivity index (χ2n) is 4.62. The molecule has 1 fully saturated rings. The lowest BCUT2D eigenvalue weighted by atomic mass is 10.3. The Morgan fingerprint density at radius 2 is 2.06 bits per heavy atom. The first-order chi connectivity index (χ1) is 8.55. The Balaban J connectivity index is 1.71. The molecule has 1 atom stereocenters. The van der Waals surface area contributed by atoms with Crippen molar-refractivity contribution >= 4 is 0 Å². The zero-order valence-electron chi connectivity index (χ0n) is 10.1. The summed E-state index contributed by atoms with van der Waals surface area (Å²) in [4.78, 5) is 1.57. The molecule has 1 N–H and O–H groups in total. The molecule has 1 saturated heterocycles. The van der Waals surface area contributed by atoms with Crippen molar-refractivity contribution in [1.82, 2.24) is 4.90 Å². The number of hydrogen-bond donors (Lipinski definition) is 1. The molecule has 2 rings (SSSR count). The predicted molar refractivity (Wildman–Crippen MR) is 63.9 cm³/mol. The number of aliphatic hydroxyl groups is 1. The van der Waals surface area contributed by atoms with Gasteiger partial charge in [-0.25, -0.2) is 8.78 Å². The van der Waals surface area contributed by atoms with E-state index in [1.165, 1.54) is 0 Å². The molecule has 1 aliphatic heterocycles. The average Bonchev–Trinajstić information content (AvgIpc) is 2.67. The van der Waals surface area contributed by atoms with Crippen LogP contribution in [0, 0.1) is 0 Å². The molecule has 0 amide bonds. The van der Waals surface area contributed by atoms with Crippen LogP contribution in [0.5, 0.6) is 5.75 Å². The van der Waals surface area contributed by atoms with Gasteiger partial charge in [-0.2, -0.15) is 0 Å². The minimum Gasteiger partial charge on any atom is -0.491 e. The van der Waals surface area contributed by atoms with Gasteiger partial charge in [-0.15, -0.1) is 0 Å². The normalized spacial score (nSPS) is 20.8. The van der Waals surface area contributed by atoms with Gasteiger partial charge in [0.2, 0.25) is 0 Å². The van der Waals surface area contributed by atoms with E-state index in [4.69, 9.17) is 4.74 Å². The van der Waals surface area contributed by atoms with Crippen LogP contribution in [0.1, 0.15) is 6.42 Å². The van der Waals surface area contributed by atoms with E-state index in [-0.39, 0.29) is 26.1 Å². The van der Waals surface area contributed by atoms with E-state index >= 15 is 0 Å². The zero-order valence-corrected chi connectivity index (χ0v) is 10.1. The molecule has 1 aliphatic rings. The van der Waals surface area contributed by atoms with Crippen molar-refractivity contribution in [2.24, 2.45) is 0 Å². The quantitative estimate of drug-likeness (QED) is 0.872. The van der Waals surface area contributed by atoms with Crippen molar-refractivity contribution in [3.05, 3.63) is 30.3 Å². The molecule has 18 heavy (non-hydrogen) atoms. The van der Waals surface area contributed by atoms with Crippen LogP contribution >= 0.6 is 0 Å². The third kappa shape index (κ3) is 3.92. The molecule has 0 aromatic heterocycles. The maximum Gasteiger partial charge on any atom is 0.261 e. The summed E-state index contributed by atoms with van der Waals surface area (Å²) in [5, 5.41) is 9.73. The van der Waals surface area contributed by atoms with Gasteiger partial charge in [-0.3, -0.25) is 4.90 Å². The van der Waals surface area contributed by atoms with Gasteiger partial charge in [-0.05, 0) is 12.1 Å². The van der Waals surface area contributed by atoms with Crippen molar-refractivity contribution in [1.29, 1.82) is 0 Å². The molecule has 0 aliphatic carbocycles. The van der Waals surface area contributed by atoms with Gasteiger partial charge in [0.05, 0.1) is 6.54 Å². The van der Waals surface area contributed by atoms with E-state index in [0.717, 1.165) is 0 Å². The summed E-state index contributed by atoms with van der Waals surface area (Å²) < 4.78 is 31.2. The van der Waals surface area contributed by atoms with Crippen molar-refractivity contribution < 1.29 is 18.6 Å². The SMILES string of the molecule is O[C@@H](COc1ccccc1)CN1CCC(F)(F)C1. The zero-order chi connectivity index (χ0) is 13.0. The van der Waals surface area contributed by atoms with Crippen molar-refractivity contribution in [2.75, 3.05) is 26.2 Å². The molecule has 5 heteroatoms. The second kappa shape index (κ2) is 5.63. The number of ether oxygens (including phenoxy) is 1. The molecule has 100 valence electrons. The van der Waals surface area contributed by atoms with Gasteiger partial charge < -0.3 is 9.84 Å². The van der Waals surface area contributed by atoms with Gasteiger partial charge >= 0.3 is 0 Å². The summed E-state index contributed by atoms with van der Waals surface area (Å²) in [6, 6.07) is 9.12. The van der Waals surface area contributed by atoms with E-state index in [9.17, 15) is 13.9 Å². The molecular formula is C13H17F2NO2. The summed E-state index contributed by atoms with van der Waals surface area (Å²) in [7, 11) is 0. The smallest absolute Gasteiger partial charge is 0.261 e. The number of para-hydroxylation sites is 1. The number of rotatable bonds is 5. The number of halogens is 2. The minimum absolute atomic E-state index is 0.117. The number of nitrogens with zero attached hydrogens (tertiary/aromatic N) is 1. The number of β-amino-alcohol motifs (C(OH)–C–C–N with tert-alkyl or cyclic N) is 1. The monoisotopic (exact) mass is 257 g/mol. The van der Waals surface area contributed by atoms with E-state index in [1.807, 2.05) is 18.2 Å². The number of aliphatic hydroxyl groups excluding tert-OH is 1. The molecule has 0 spiro atoms. The van der Waals surface area contributed by atoms with Gasteiger partial charge in [0, 0.05) is 19.5 Å². The minimum atomic E-state index is -2.61. The average molecular weight is 257 g/mol. The maximum absolute atomic E-state index is 12.9. The van der Waals surface area contributed by atoms with E-state index in [2.05, 4.69) is 0 Å². The third-order valence-electron chi connectivity index (χ3n) is 2.90. The van der Waals surface area contributed by atoms with Gasteiger partial charge in [0.1, 0.15) is 18.5 Å². The van der Waals surface area contributed by atoms with Gasteiger partial charge in [0.25, 0.3) is 5.92 Å². The number of benzene rings is 1.